The van der Waals surface area contributed by atoms with E-state index < -0.39 is 11.9 Å². The maximum Gasteiger partial charge on any atom is 0.165 e. The van der Waals surface area contributed by atoms with E-state index in [4.69, 9.17) is 9.84 Å². The molecular formula is C15H23FN2O3. The highest BCUT2D eigenvalue weighted by Crippen LogP contribution is 2.15. The summed E-state index contributed by atoms with van der Waals surface area (Å²) in [7, 11) is 0. The smallest absolute Gasteiger partial charge is 0.165 e. The van der Waals surface area contributed by atoms with Gasteiger partial charge in [0.05, 0.1) is 6.61 Å². The van der Waals surface area contributed by atoms with Gasteiger partial charge in [-0.2, -0.15) is 0 Å². The predicted molar refractivity (Wildman–Crippen MR) is 77.9 cm³/mol. The van der Waals surface area contributed by atoms with Crippen LogP contribution in [0, 0.1) is 5.82 Å². The van der Waals surface area contributed by atoms with E-state index in [1.54, 1.807) is 18.2 Å². The maximum absolute atomic E-state index is 13.4. The Labute approximate surface area is 124 Å². The monoisotopic (exact) mass is 298 g/mol. The molecule has 6 heteroatoms. The van der Waals surface area contributed by atoms with Crippen molar-refractivity contribution in [2.45, 2.75) is 6.10 Å². The summed E-state index contributed by atoms with van der Waals surface area (Å²) < 4.78 is 18.7. The fraction of sp³-hybridized carbons (Fsp3) is 0.600. The van der Waals surface area contributed by atoms with Gasteiger partial charge in [0.15, 0.2) is 11.6 Å². The fourth-order valence-electron chi connectivity index (χ4n) is 2.44. The van der Waals surface area contributed by atoms with Gasteiger partial charge < -0.3 is 14.9 Å². The zero-order chi connectivity index (χ0) is 15.1. The molecule has 1 saturated heterocycles. The second-order valence-electron chi connectivity index (χ2n) is 5.26. The molecule has 0 radical (unpaired) electrons. The Bertz CT molecular complexity index is 425. The summed E-state index contributed by atoms with van der Waals surface area (Å²) in [5, 5.41) is 18.9. The number of hydrogen-bond acceptors (Lipinski definition) is 5. The molecule has 1 aliphatic heterocycles. The van der Waals surface area contributed by atoms with E-state index in [-0.39, 0.29) is 19.0 Å². The topological polar surface area (TPSA) is 56.2 Å². The van der Waals surface area contributed by atoms with Crippen molar-refractivity contribution in [3.05, 3.63) is 30.1 Å². The summed E-state index contributed by atoms with van der Waals surface area (Å²) in [6.07, 6.45) is -0.644. The van der Waals surface area contributed by atoms with Crippen LogP contribution in [-0.2, 0) is 0 Å². The number of hydrogen-bond donors (Lipinski definition) is 2. The van der Waals surface area contributed by atoms with Crippen LogP contribution in [0.25, 0.3) is 0 Å². The summed E-state index contributed by atoms with van der Waals surface area (Å²) in [6.45, 7) is 4.97. The molecule has 1 heterocycles. The first-order valence-electron chi connectivity index (χ1n) is 7.30. The van der Waals surface area contributed by atoms with Gasteiger partial charge in [-0.3, -0.25) is 9.80 Å². The molecule has 2 rings (SSSR count). The maximum atomic E-state index is 13.4. The van der Waals surface area contributed by atoms with Crippen LogP contribution in [0.4, 0.5) is 4.39 Å². The standard InChI is InChI=1S/C15H23FN2O3/c16-14-3-1-2-4-15(14)21-12-13(20)11-18-7-5-17(6-8-18)9-10-19/h1-4,13,19-20H,5-12H2/t13-/m1/s1. The normalized spacial score (nSPS) is 18.6. The zero-order valence-electron chi connectivity index (χ0n) is 12.1. The number of ether oxygens (including phenoxy) is 1. The first-order valence-corrected chi connectivity index (χ1v) is 7.30. The number of para-hydroxylation sites is 1. The molecule has 0 aliphatic carbocycles. The Balaban J connectivity index is 1.68. The Morgan fingerprint density at radius 2 is 1.81 bits per heavy atom. The van der Waals surface area contributed by atoms with Gasteiger partial charge in [-0.25, -0.2) is 4.39 Å². The van der Waals surface area contributed by atoms with E-state index in [1.165, 1.54) is 6.07 Å². The van der Waals surface area contributed by atoms with Gasteiger partial charge >= 0.3 is 0 Å². The molecule has 1 fully saturated rings. The third-order valence-corrected chi connectivity index (χ3v) is 3.62. The highest BCUT2D eigenvalue weighted by atomic mass is 19.1. The van der Waals surface area contributed by atoms with Gasteiger partial charge in [-0.05, 0) is 12.1 Å². The third kappa shape index (κ3) is 5.24. The van der Waals surface area contributed by atoms with Crippen LogP contribution in [0.2, 0.25) is 0 Å². The highest BCUT2D eigenvalue weighted by molar-refractivity contribution is 5.23. The number of aliphatic hydroxyl groups excluding tert-OH is 2. The molecule has 0 bridgehead atoms. The summed E-state index contributed by atoms with van der Waals surface area (Å²) in [4.78, 5) is 4.35. The molecule has 1 aliphatic rings. The number of nitrogens with zero attached hydrogens (tertiary/aromatic N) is 2. The Morgan fingerprint density at radius 3 is 2.48 bits per heavy atom. The van der Waals surface area contributed by atoms with E-state index in [0.29, 0.717) is 13.1 Å². The van der Waals surface area contributed by atoms with Gasteiger partial charge in [-0.1, -0.05) is 12.1 Å². The minimum absolute atomic E-state index is 0.0811. The van der Waals surface area contributed by atoms with Crippen LogP contribution in [0.5, 0.6) is 5.75 Å². The molecule has 5 nitrogen and oxygen atoms in total. The van der Waals surface area contributed by atoms with E-state index >= 15 is 0 Å². The van der Waals surface area contributed by atoms with Gasteiger partial charge in [0, 0.05) is 39.3 Å². The van der Waals surface area contributed by atoms with Crippen molar-refractivity contribution in [3.63, 3.8) is 0 Å². The van der Waals surface area contributed by atoms with E-state index in [1.807, 2.05) is 0 Å². The Morgan fingerprint density at radius 1 is 1.14 bits per heavy atom. The van der Waals surface area contributed by atoms with Crippen LogP contribution in [0.3, 0.4) is 0 Å². The van der Waals surface area contributed by atoms with E-state index in [9.17, 15) is 9.50 Å². The van der Waals surface area contributed by atoms with Gasteiger partial charge in [0.25, 0.3) is 0 Å². The number of benzene rings is 1. The van der Waals surface area contributed by atoms with Crippen LogP contribution >= 0.6 is 0 Å². The molecular weight excluding hydrogens is 275 g/mol. The summed E-state index contributed by atoms with van der Waals surface area (Å²) in [5.74, 6) is -0.244. The molecule has 1 atom stereocenters. The van der Waals surface area contributed by atoms with E-state index in [2.05, 4.69) is 9.80 Å². The molecule has 2 N–H and O–H groups in total. The first-order chi connectivity index (χ1) is 10.2. The fourth-order valence-corrected chi connectivity index (χ4v) is 2.44. The van der Waals surface area contributed by atoms with Crippen LogP contribution in [0.1, 0.15) is 0 Å². The third-order valence-electron chi connectivity index (χ3n) is 3.62. The molecule has 0 spiro atoms. The second kappa shape index (κ2) is 8.29. The molecule has 118 valence electrons. The Hall–Kier alpha value is -1.21. The molecule has 0 saturated carbocycles. The second-order valence-corrected chi connectivity index (χ2v) is 5.26. The van der Waals surface area contributed by atoms with Crippen molar-refractivity contribution in [1.29, 1.82) is 0 Å². The van der Waals surface area contributed by atoms with Crippen LogP contribution < -0.4 is 4.74 Å². The lowest BCUT2D eigenvalue weighted by Gasteiger charge is -2.35. The predicted octanol–water partition coefficient (Wildman–Crippen LogP) is 0.175. The molecule has 1 aromatic rings. The van der Waals surface area contributed by atoms with Crippen molar-refractivity contribution in [2.75, 3.05) is 52.5 Å². The van der Waals surface area contributed by atoms with Gasteiger partial charge in [0.2, 0.25) is 0 Å². The number of aliphatic hydroxyl groups is 2. The van der Waals surface area contributed by atoms with Gasteiger partial charge in [0.1, 0.15) is 12.7 Å². The van der Waals surface area contributed by atoms with Crippen molar-refractivity contribution in [1.82, 2.24) is 9.80 Å². The molecule has 0 amide bonds. The van der Waals surface area contributed by atoms with Crippen molar-refractivity contribution in [3.8, 4) is 5.75 Å². The number of β-amino-alcohol motifs (C(OH)–C–C–N with tert-alkyl or cyclic N) is 2. The number of piperazine rings is 1. The molecule has 0 unspecified atom stereocenters. The summed E-state index contributed by atoms with van der Waals surface area (Å²) in [5.41, 5.74) is 0. The highest BCUT2D eigenvalue weighted by Gasteiger charge is 2.19. The SMILES string of the molecule is OCCN1CCN(C[C@@H](O)COc2ccccc2F)CC1. The van der Waals surface area contributed by atoms with Crippen molar-refractivity contribution >= 4 is 0 Å². The zero-order valence-corrected chi connectivity index (χ0v) is 12.1. The van der Waals surface area contributed by atoms with Crippen LogP contribution in [-0.4, -0.2) is 78.6 Å². The minimum atomic E-state index is -0.644. The molecule has 0 aromatic heterocycles. The molecule has 21 heavy (non-hydrogen) atoms. The average Bonchev–Trinajstić information content (AvgIpc) is 2.49. The summed E-state index contributed by atoms with van der Waals surface area (Å²) >= 11 is 0. The van der Waals surface area contributed by atoms with Crippen molar-refractivity contribution < 1.29 is 19.3 Å². The lowest BCUT2D eigenvalue weighted by Crippen LogP contribution is -2.49. The van der Waals surface area contributed by atoms with E-state index in [0.717, 1.165) is 26.2 Å². The van der Waals surface area contributed by atoms with Crippen molar-refractivity contribution in [2.24, 2.45) is 0 Å². The largest absolute Gasteiger partial charge is 0.488 e. The lowest BCUT2D eigenvalue weighted by molar-refractivity contribution is 0.0420. The number of halogens is 1. The van der Waals surface area contributed by atoms with Crippen LogP contribution in [0.15, 0.2) is 24.3 Å². The summed E-state index contributed by atoms with van der Waals surface area (Å²) in [6, 6.07) is 6.19. The number of rotatable bonds is 7. The quantitative estimate of drug-likeness (QED) is 0.752. The lowest BCUT2D eigenvalue weighted by atomic mass is 10.2. The minimum Gasteiger partial charge on any atom is -0.488 e. The Kier molecular flexibility index (Phi) is 6.38. The average molecular weight is 298 g/mol. The molecule has 1 aromatic carbocycles. The van der Waals surface area contributed by atoms with Gasteiger partial charge in [-0.15, -0.1) is 0 Å². The first kappa shape index (κ1) is 16.2.